The normalized spacial score (nSPS) is 11.4. The van der Waals surface area contributed by atoms with Crippen molar-refractivity contribution in [3.05, 3.63) is 84.9 Å². The van der Waals surface area contributed by atoms with Gasteiger partial charge in [-0.15, -0.1) is 0 Å². The standard InChI is InChI=1S/2C10H8O3S.Ba/c2*11-14(12,13)10-6-5-8-3-1-2-4-9(8)7-10;/h2*1-7H,(H,11,12,13);/q;;+2/p-2. The Morgan fingerprint density at radius 1 is 0.483 bits per heavy atom. The second-order valence-corrected chi connectivity index (χ2v) is 8.69. The maximum absolute atomic E-state index is 10.7. The van der Waals surface area contributed by atoms with Gasteiger partial charge in [-0.2, -0.15) is 0 Å². The fourth-order valence-electron chi connectivity index (χ4n) is 2.65. The summed E-state index contributed by atoms with van der Waals surface area (Å²) >= 11 is 0. The smallest absolute Gasteiger partial charge is 0.744 e. The van der Waals surface area contributed by atoms with Crippen LogP contribution in [0.25, 0.3) is 21.5 Å². The molecule has 0 atom stereocenters. The average Bonchev–Trinajstić information content (AvgIpc) is 2.66. The predicted molar refractivity (Wildman–Crippen MR) is 110 cm³/mol. The van der Waals surface area contributed by atoms with Crippen LogP contribution in [-0.2, 0) is 20.2 Å². The summed E-state index contributed by atoms with van der Waals surface area (Å²) in [5, 5.41) is 3.34. The molecule has 144 valence electrons. The van der Waals surface area contributed by atoms with E-state index in [0.29, 0.717) is 0 Å². The molecule has 0 spiro atoms. The maximum atomic E-state index is 10.7. The van der Waals surface area contributed by atoms with Crippen molar-refractivity contribution >= 4 is 90.7 Å². The van der Waals surface area contributed by atoms with E-state index in [9.17, 15) is 25.9 Å². The second-order valence-electron chi connectivity index (χ2n) is 5.93. The minimum atomic E-state index is -4.34. The van der Waals surface area contributed by atoms with Crippen LogP contribution < -0.4 is 0 Å². The summed E-state index contributed by atoms with van der Waals surface area (Å²) in [4.78, 5) is -0.368. The first kappa shape index (κ1) is 24.1. The number of hydrogen-bond acceptors (Lipinski definition) is 6. The van der Waals surface area contributed by atoms with Crippen molar-refractivity contribution in [1.82, 2.24) is 0 Å². The average molecular weight is 552 g/mol. The molecule has 0 aliphatic heterocycles. The van der Waals surface area contributed by atoms with Crippen molar-refractivity contribution in [2.24, 2.45) is 0 Å². The first-order chi connectivity index (χ1) is 13.1. The second kappa shape index (κ2) is 9.73. The van der Waals surface area contributed by atoms with Crippen LogP contribution in [-0.4, -0.2) is 74.8 Å². The molecule has 6 nitrogen and oxygen atoms in total. The largest absolute Gasteiger partial charge is 2.00 e. The first-order valence-electron chi connectivity index (χ1n) is 8.04. The van der Waals surface area contributed by atoms with E-state index in [1.165, 1.54) is 24.3 Å². The summed E-state index contributed by atoms with van der Waals surface area (Å²) in [5.41, 5.74) is 0. The minimum Gasteiger partial charge on any atom is -0.744 e. The van der Waals surface area contributed by atoms with E-state index in [2.05, 4.69) is 0 Å². The van der Waals surface area contributed by atoms with Gasteiger partial charge in [-0.3, -0.25) is 0 Å². The van der Waals surface area contributed by atoms with E-state index in [1.807, 2.05) is 24.3 Å². The van der Waals surface area contributed by atoms with Crippen LogP contribution in [0.3, 0.4) is 0 Å². The third-order valence-electron chi connectivity index (χ3n) is 4.02. The zero-order valence-corrected chi connectivity index (χ0v) is 21.1. The van der Waals surface area contributed by atoms with Crippen LogP contribution in [0, 0.1) is 0 Å². The van der Waals surface area contributed by atoms with E-state index in [4.69, 9.17) is 0 Å². The summed E-state index contributed by atoms with van der Waals surface area (Å²) < 4.78 is 64.3. The van der Waals surface area contributed by atoms with Crippen LogP contribution in [0.5, 0.6) is 0 Å². The Bertz CT molecular complexity index is 1260. The summed E-state index contributed by atoms with van der Waals surface area (Å²) in [6, 6.07) is 23.2. The summed E-state index contributed by atoms with van der Waals surface area (Å²) in [6.45, 7) is 0. The predicted octanol–water partition coefficient (Wildman–Crippen LogP) is 3.11. The van der Waals surface area contributed by atoms with Crippen molar-refractivity contribution in [3.8, 4) is 0 Å². The van der Waals surface area contributed by atoms with Crippen LogP contribution in [0.4, 0.5) is 0 Å². The fourth-order valence-corrected chi connectivity index (χ4v) is 3.66. The summed E-state index contributed by atoms with van der Waals surface area (Å²) in [7, 11) is -8.69. The van der Waals surface area contributed by atoms with Gasteiger partial charge in [0.1, 0.15) is 20.2 Å². The van der Waals surface area contributed by atoms with Gasteiger partial charge in [-0.05, 0) is 45.8 Å². The Morgan fingerprint density at radius 3 is 1.10 bits per heavy atom. The Balaban J connectivity index is 0.000000200. The molecule has 0 saturated carbocycles. The van der Waals surface area contributed by atoms with Gasteiger partial charge in [0.25, 0.3) is 0 Å². The van der Waals surface area contributed by atoms with Gasteiger partial charge in [-0.1, -0.05) is 60.7 Å². The SMILES string of the molecule is O=S(=O)([O-])c1ccc2ccccc2c1.O=S(=O)([O-])c1ccc2ccccc2c1.[Ba+2]. The molecule has 4 aromatic carbocycles. The summed E-state index contributed by atoms with van der Waals surface area (Å²) in [5.74, 6) is 0. The van der Waals surface area contributed by atoms with Gasteiger partial charge >= 0.3 is 48.9 Å². The van der Waals surface area contributed by atoms with E-state index in [1.54, 1.807) is 36.4 Å². The molecule has 4 rings (SSSR count). The first-order valence-corrected chi connectivity index (χ1v) is 10.9. The monoisotopic (exact) mass is 552 g/mol. The van der Waals surface area contributed by atoms with Crippen LogP contribution in [0.1, 0.15) is 0 Å². The van der Waals surface area contributed by atoms with Gasteiger partial charge < -0.3 is 9.11 Å². The molecule has 0 heterocycles. The molecule has 0 fully saturated rings. The molecule has 0 unspecified atom stereocenters. The molecule has 0 aromatic heterocycles. The quantitative estimate of drug-likeness (QED) is 0.279. The molecule has 9 heteroatoms. The molecule has 4 aromatic rings. The van der Waals surface area contributed by atoms with Crippen molar-refractivity contribution in [2.45, 2.75) is 9.79 Å². The maximum Gasteiger partial charge on any atom is 2.00 e. The third kappa shape index (κ3) is 6.38. The van der Waals surface area contributed by atoms with E-state index in [0.717, 1.165) is 21.5 Å². The number of benzene rings is 4. The molecular weight excluding hydrogens is 538 g/mol. The van der Waals surface area contributed by atoms with Crippen molar-refractivity contribution in [1.29, 1.82) is 0 Å². The molecule has 0 N–H and O–H groups in total. The Kier molecular flexibility index (Phi) is 8.08. The Hall–Kier alpha value is -1.21. The van der Waals surface area contributed by atoms with Crippen LogP contribution >= 0.6 is 0 Å². The van der Waals surface area contributed by atoms with Crippen molar-refractivity contribution in [2.75, 3.05) is 0 Å². The van der Waals surface area contributed by atoms with Crippen molar-refractivity contribution in [3.63, 3.8) is 0 Å². The zero-order valence-electron chi connectivity index (χ0n) is 15.1. The van der Waals surface area contributed by atoms with Crippen LogP contribution in [0.2, 0.25) is 0 Å². The van der Waals surface area contributed by atoms with Gasteiger partial charge in [0, 0.05) is 0 Å². The number of fused-ring (bicyclic) bond motifs is 2. The molecule has 0 radical (unpaired) electrons. The molecule has 0 bridgehead atoms. The fraction of sp³-hybridized carbons (Fsp3) is 0. The van der Waals surface area contributed by atoms with Crippen LogP contribution in [0.15, 0.2) is 94.7 Å². The van der Waals surface area contributed by atoms with Gasteiger partial charge in [0.2, 0.25) is 0 Å². The third-order valence-corrected chi connectivity index (χ3v) is 5.68. The van der Waals surface area contributed by atoms with E-state index < -0.39 is 20.2 Å². The molecular formula is C20H14BaO6S2. The Labute approximate surface area is 209 Å². The molecule has 29 heavy (non-hydrogen) atoms. The molecule has 0 aliphatic carbocycles. The molecule has 0 aliphatic rings. The van der Waals surface area contributed by atoms with Gasteiger partial charge in [0.05, 0.1) is 9.79 Å². The number of hydrogen-bond donors (Lipinski definition) is 0. The molecule has 0 saturated heterocycles. The zero-order chi connectivity index (χ0) is 20.4. The topological polar surface area (TPSA) is 114 Å². The summed E-state index contributed by atoms with van der Waals surface area (Å²) in [6.07, 6.45) is 0. The minimum absolute atomic E-state index is 0. The van der Waals surface area contributed by atoms with Gasteiger partial charge in [-0.25, -0.2) is 16.8 Å². The van der Waals surface area contributed by atoms with Crippen molar-refractivity contribution < 1.29 is 25.9 Å². The Morgan fingerprint density at radius 2 is 0.793 bits per heavy atom. The van der Waals surface area contributed by atoms with E-state index in [-0.39, 0.29) is 58.7 Å². The van der Waals surface area contributed by atoms with Gasteiger partial charge in [0.15, 0.2) is 0 Å². The van der Waals surface area contributed by atoms with E-state index >= 15 is 0 Å². The number of rotatable bonds is 2. The molecule has 0 amide bonds.